The number of thiazole rings is 1. The summed E-state index contributed by atoms with van der Waals surface area (Å²) in [5, 5.41) is 6.21. The quantitative estimate of drug-likeness (QED) is 0.369. The first-order valence-electron chi connectivity index (χ1n) is 11.2. The maximum atomic E-state index is 14.2. The van der Waals surface area contributed by atoms with Gasteiger partial charge in [-0.1, -0.05) is 12.1 Å². The molecule has 37 heavy (non-hydrogen) atoms. The van der Waals surface area contributed by atoms with Crippen LogP contribution in [-0.4, -0.2) is 34.1 Å². The second-order valence-corrected chi connectivity index (χ2v) is 9.67. The minimum Gasteiger partial charge on any atom is -0.383 e. The van der Waals surface area contributed by atoms with Gasteiger partial charge >= 0.3 is 0 Å². The zero-order chi connectivity index (χ0) is 25.8. The van der Waals surface area contributed by atoms with Crippen molar-refractivity contribution in [3.63, 3.8) is 0 Å². The standard InChI is InChI=1S/C25H18F2N8OS/c1-12(35-24-20(23(28)30-11-31-24)22(33-35)17-9-29-13(2)37-17)21-19(14-4-3-5-15(26)8-14)25(36)34-10-16(27)6-7-18(34)32-21/h3-12H,1-2H3,(H2,28,30,31). The first kappa shape index (κ1) is 22.9. The van der Waals surface area contributed by atoms with Gasteiger partial charge in [-0.05, 0) is 43.7 Å². The lowest BCUT2D eigenvalue weighted by Gasteiger charge is -2.18. The van der Waals surface area contributed by atoms with Gasteiger partial charge in [-0.2, -0.15) is 5.10 Å². The number of benzene rings is 1. The van der Waals surface area contributed by atoms with E-state index in [1.54, 1.807) is 23.9 Å². The van der Waals surface area contributed by atoms with Crippen molar-refractivity contribution in [1.29, 1.82) is 0 Å². The zero-order valence-electron chi connectivity index (χ0n) is 19.6. The molecule has 1 atom stereocenters. The number of nitrogens with zero attached hydrogens (tertiary/aromatic N) is 7. The molecule has 5 aromatic heterocycles. The van der Waals surface area contributed by atoms with E-state index in [-0.39, 0.29) is 17.0 Å². The normalized spacial score (nSPS) is 12.4. The van der Waals surface area contributed by atoms with E-state index in [9.17, 15) is 13.6 Å². The van der Waals surface area contributed by atoms with Crippen LogP contribution in [0.1, 0.15) is 23.7 Å². The molecule has 0 radical (unpaired) electrons. The molecule has 12 heteroatoms. The van der Waals surface area contributed by atoms with Crippen LogP contribution in [0.4, 0.5) is 14.6 Å². The van der Waals surface area contributed by atoms with Crippen molar-refractivity contribution in [2.24, 2.45) is 0 Å². The maximum absolute atomic E-state index is 14.2. The van der Waals surface area contributed by atoms with Gasteiger partial charge in [0.2, 0.25) is 0 Å². The number of halogens is 2. The molecule has 184 valence electrons. The third-order valence-corrected chi connectivity index (χ3v) is 6.98. The van der Waals surface area contributed by atoms with Crippen molar-refractivity contribution in [3.05, 3.63) is 87.8 Å². The lowest BCUT2D eigenvalue weighted by Crippen LogP contribution is -2.23. The highest BCUT2D eigenvalue weighted by Crippen LogP contribution is 2.36. The summed E-state index contributed by atoms with van der Waals surface area (Å²) in [6.07, 6.45) is 4.10. The molecule has 2 N–H and O–H groups in total. The summed E-state index contributed by atoms with van der Waals surface area (Å²) in [4.78, 5) is 32.0. The van der Waals surface area contributed by atoms with Gasteiger partial charge in [0, 0.05) is 12.4 Å². The number of rotatable bonds is 4. The van der Waals surface area contributed by atoms with Gasteiger partial charge in [0.15, 0.2) is 5.65 Å². The SMILES string of the molecule is Cc1ncc(-c2nn(C(C)c3nc4ccc(F)cn4c(=O)c3-c3cccc(F)c3)c3ncnc(N)c23)s1. The number of pyridine rings is 1. The molecular weight excluding hydrogens is 498 g/mol. The summed E-state index contributed by atoms with van der Waals surface area (Å²) >= 11 is 1.45. The molecule has 0 amide bonds. The van der Waals surface area contributed by atoms with Gasteiger partial charge in [-0.15, -0.1) is 11.3 Å². The van der Waals surface area contributed by atoms with Crippen LogP contribution in [0, 0.1) is 18.6 Å². The van der Waals surface area contributed by atoms with E-state index in [1.165, 1.54) is 48.0 Å². The average Bonchev–Trinajstić information content (AvgIpc) is 3.48. The fourth-order valence-corrected chi connectivity index (χ4v) is 5.14. The monoisotopic (exact) mass is 516 g/mol. The smallest absolute Gasteiger partial charge is 0.266 e. The molecule has 0 aliphatic heterocycles. The minimum absolute atomic E-state index is 0.121. The molecule has 0 saturated carbocycles. The first-order valence-corrected chi connectivity index (χ1v) is 12.0. The highest BCUT2D eigenvalue weighted by atomic mass is 32.1. The largest absolute Gasteiger partial charge is 0.383 e. The van der Waals surface area contributed by atoms with Crippen LogP contribution >= 0.6 is 11.3 Å². The van der Waals surface area contributed by atoms with Crippen molar-refractivity contribution >= 4 is 33.8 Å². The number of aryl methyl sites for hydroxylation is 1. The number of nitrogen functional groups attached to an aromatic ring is 1. The third-order valence-electron chi connectivity index (χ3n) is 6.06. The molecule has 5 heterocycles. The van der Waals surface area contributed by atoms with Crippen LogP contribution in [0.25, 0.3) is 38.4 Å². The van der Waals surface area contributed by atoms with E-state index in [4.69, 9.17) is 15.8 Å². The second-order valence-electron chi connectivity index (χ2n) is 8.43. The highest BCUT2D eigenvalue weighted by molar-refractivity contribution is 7.15. The van der Waals surface area contributed by atoms with Gasteiger partial charge in [0.25, 0.3) is 5.56 Å². The molecule has 0 fully saturated rings. The van der Waals surface area contributed by atoms with E-state index < -0.39 is 23.2 Å². The Morgan fingerprint density at radius 3 is 2.68 bits per heavy atom. The lowest BCUT2D eigenvalue weighted by molar-refractivity contribution is 0.566. The fraction of sp³-hybridized carbons (Fsp3) is 0.120. The van der Waals surface area contributed by atoms with E-state index in [1.807, 2.05) is 6.92 Å². The molecule has 0 bridgehead atoms. The topological polar surface area (TPSA) is 117 Å². The number of aromatic nitrogens is 7. The molecular formula is C25H18F2N8OS. The average molecular weight is 517 g/mol. The van der Waals surface area contributed by atoms with Crippen LogP contribution in [0.2, 0.25) is 0 Å². The van der Waals surface area contributed by atoms with Crippen LogP contribution in [0.3, 0.4) is 0 Å². The molecule has 0 saturated heterocycles. The number of fused-ring (bicyclic) bond motifs is 2. The molecule has 9 nitrogen and oxygen atoms in total. The van der Waals surface area contributed by atoms with E-state index in [2.05, 4.69) is 15.0 Å². The van der Waals surface area contributed by atoms with Gasteiger partial charge in [0.1, 0.15) is 35.1 Å². The van der Waals surface area contributed by atoms with Crippen LogP contribution in [-0.2, 0) is 0 Å². The Hall–Kier alpha value is -4.58. The molecule has 1 aromatic carbocycles. The number of anilines is 1. The Labute approximate surface area is 211 Å². The molecule has 1 unspecified atom stereocenters. The Bertz CT molecular complexity index is 1890. The second kappa shape index (κ2) is 8.52. The predicted octanol–water partition coefficient (Wildman–Crippen LogP) is 4.40. The lowest BCUT2D eigenvalue weighted by atomic mass is 10.0. The zero-order valence-corrected chi connectivity index (χ0v) is 20.4. The number of nitrogens with two attached hydrogens (primary N) is 1. The Balaban J connectivity index is 1.65. The maximum Gasteiger partial charge on any atom is 0.266 e. The van der Waals surface area contributed by atoms with Crippen molar-refractivity contribution < 1.29 is 8.78 Å². The number of hydrogen-bond donors (Lipinski definition) is 1. The summed E-state index contributed by atoms with van der Waals surface area (Å²) in [6, 6.07) is 7.61. The van der Waals surface area contributed by atoms with E-state index in [0.717, 1.165) is 20.5 Å². The summed E-state index contributed by atoms with van der Waals surface area (Å²) in [6.45, 7) is 3.69. The van der Waals surface area contributed by atoms with Crippen LogP contribution in [0.5, 0.6) is 0 Å². The summed E-state index contributed by atoms with van der Waals surface area (Å²) in [5.74, 6) is -0.873. The summed E-state index contributed by atoms with van der Waals surface area (Å²) in [7, 11) is 0. The van der Waals surface area contributed by atoms with Gasteiger partial charge in [-0.25, -0.2) is 33.4 Å². The van der Waals surface area contributed by atoms with E-state index in [0.29, 0.717) is 28.0 Å². The van der Waals surface area contributed by atoms with Crippen molar-refractivity contribution in [3.8, 4) is 21.7 Å². The van der Waals surface area contributed by atoms with Crippen molar-refractivity contribution in [2.45, 2.75) is 19.9 Å². The first-order chi connectivity index (χ1) is 17.8. The van der Waals surface area contributed by atoms with Crippen LogP contribution in [0.15, 0.2) is 59.9 Å². The molecule has 0 aliphatic rings. The Morgan fingerprint density at radius 2 is 1.92 bits per heavy atom. The summed E-state index contributed by atoms with van der Waals surface area (Å²) < 4.78 is 31.0. The summed E-state index contributed by atoms with van der Waals surface area (Å²) in [5.41, 5.74) is 7.66. The van der Waals surface area contributed by atoms with Crippen molar-refractivity contribution in [1.82, 2.24) is 34.1 Å². The number of hydrogen-bond acceptors (Lipinski definition) is 8. The third kappa shape index (κ3) is 3.73. The van der Waals surface area contributed by atoms with Crippen LogP contribution < -0.4 is 11.3 Å². The molecule has 0 spiro atoms. The Morgan fingerprint density at radius 1 is 1.08 bits per heavy atom. The molecule has 6 rings (SSSR count). The predicted molar refractivity (Wildman–Crippen MR) is 136 cm³/mol. The minimum atomic E-state index is -0.652. The molecule has 6 aromatic rings. The van der Waals surface area contributed by atoms with Gasteiger partial charge in [-0.3, -0.25) is 9.20 Å². The fourth-order valence-electron chi connectivity index (χ4n) is 4.37. The van der Waals surface area contributed by atoms with Gasteiger partial charge < -0.3 is 5.73 Å². The van der Waals surface area contributed by atoms with E-state index >= 15 is 0 Å². The van der Waals surface area contributed by atoms with Crippen molar-refractivity contribution in [2.75, 3.05) is 5.73 Å². The van der Waals surface area contributed by atoms with Gasteiger partial charge in [0.05, 0.1) is 32.6 Å². The molecule has 0 aliphatic carbocycles. The highest BCUT2D eigenvalue weighted by Gasteiger charge is 2.26. The Kier molecular flexibility index (Phi) is 5.26.